The summed E-state index contributed by atoms with van der Waals surface area (Å²) >= 11 is 0. The summed E-state index contributed by atoms with van der Waals surface area (Å²) < 4.78 is 68.3. The largest absolute Gasteiger partial charge is 0.472 e. The summed E-state index contributed by atoms with van der Waals surface area (Å²) in [6, 6.07) is 0. The second-order valence-corrected chi connectivity index (χ2v) is 29.9. The van der Waals surface area contributed by atoms with Crippen LogP contribution in [0.1, 0.15) is 400 Å². The van der Waals surface area contributed by atoms with Crippen LogP contribution in [0.2, 0.25) is 0 Å². The van der Waals surface area contributed by atoms with E-state index < -0.39 is 97.5 Å². The van der Waals surface area contributed by atoms with Crippen LogP contribution in [-0.4, -0.2) is 96.7 Å². The quantitative estimate of drug-likeness (QED) is 0.0222. The standard InChI is InChI=1S/C75H146O17P2/c1-5-9-13-17-21-24-26-28-30-32-34-35-37-39-41-43-46-50-54-58-62-75(80)92-71(66-86-73(78)60-56-52-48-45-42-40-38-36-33-31-29-27-25-22-18-14-10-6-2)68-90-94(83,84)88-64-69(76)63-87-93(81,82)89-67-70(65-85-72(77)59-55-51-47-20-16-12-8-4)91-74(79)61-57-53-49-44-23-19-15-11-7-3/h69-71,76H,5-68H2,1-4H3,(H,81,82)(H,83,84)/t69-,70+,71+/m0/s1. The lowest BCUT2D eigenvalue weighted by atomic mass is 10.0. The molecule has 2 unspecified atom stereocenters. The number of hydrogen-bond donors (Lipinski definition) is 3. The Bertz CT molecular complexity index is 1790. The smallest absolute Gasteiger partial charge is 0.462 e. The molecule has 0 aliphatic rings. The average molecular weight is 1380 g/mol. The van der Waals surface area contributed by atoms with Crippen LogP contribution >= 0.6 is 15.6 Å². The van der Waals surface area contributed by atoms with Gasteiger partial charge < -0.3 is 33.8 Å². The van der Waals surface area contributed by atoms with E-state index in [4.69, 9.17) is 37.0 Å². The van der Waals surface area contributed by atoms with Crippen molar-refractivity contribution >= 4 is 39.5 Å². The molecule has 0 amide bonds. The molecule has 0 aromatic carbocycles. The van der Waals surface area contributed by atoms with Gasteiger partial charge >= 0.3 is 39.5 Å². The summed E-state index contributed by atoms with van der Waals surface area (Å²) in [7, 11) is -9.90. The summed E-state index contributed by atoms with van der Waals surface area (Å²) in [5.74, 6) is -2.12. The van der Waals surface area contributed by atoms with E-state index in [2.05, 4.69) is 27.7 Å². The van der Waals surface area contributed by atoms with E-state index in [1.807, 2.05) is 0 Å². The topological polar surface area (TPSA) is 237 Å². The second kappa shape index (κ2) is 69.5. The fourth-order valence-corrected chi connectivity index (χ4v) is 13.2. The van der Waals surface area contributed by atoms with Crippen LogP contribution in [0.4, 0.5) is 0 Å². The molecular formula is C75H146O17P2. The molecule has 0 spiro atoms. The fourth-order valence-electron chi connectivity index (χ4n) is 11.6. The first-order valence-corrected chi connectivity index (χ1v) is 42.3. The lowest BCUT2D eigenvalue weighted by Crippen LogP contribution is -2.30. The van der Waals surface area contributed by atoms with Gasteiger partial charge in [0.05, 0.1) is 26.4 Å². The van der Waals surface area contributed by atoms with Crippen LogP contribution in [-0.2, 0) is 65.4 Å². The molecule has 0 rings (SSSR count). The highest BCUT2D eigenvalue weighted by Crippen LogP contribution is 2.45. The minimum atomic E-state index is -4.95. The van der Waals surface area contributed by atoms with Crippen molar-refractivity contribution in [2.45, 2.75) is 418 Å². The first-order valence-electron chi connectivity index (χ1n) is 39.3. The highest BCUT2D eigenvalue weighted by Gasteiger charge is 2.30. The summed E-state index contributed by atoms with van der Waals surface area (Å²) in [5.41, 5.74) is 0. The van der Waals surface area contributed by atoms with Gasteiger partial charge in [-0.2, -0.15) is 0 Å². The summed E-state index contributed by atoms with van der Waals surface area (Å²) in [6.45, 7) is 4.92. The SMILES string of the molecule is CCCCCCCCCCCCCCCCCCCCCCC(=O)O[C@H](COC(=O)CCCCCCCCCCCCCCCCCCCC)COP(=O)(O)OC[C@@H](O)COP(=O)(O)OC[C@@H](COC(=O)CCCCCCCCC)OC(=O)CCCCCCCCCCC. The van der Waals surface area contributed by atoms with Gasteiger partial charge in [0.15, 0.2) is 12.2 Å². The van der Waals surface area contributed by atoms with Gasteiger partial charge in [-0.3, -0.25) is 37.3 Å². The van der Waals surface area contributed by atoms with Gasteiger partial charge in [0.25, 0.3) is 0 Å². The Kier molecular flexibility index (Phi) is 68.1. The van der Waals surface area contributed by atoms with Crippen LogP contribution in [0.3, 0.4) is 0 Å². The van der Waals surface area contributed by atoms with Gasteiger partial charge in [-0.1, -0.05) is 349 Å². The molecule has 0 saturated carbocycles. The highest BCUT2D eigenvalue weighted by molar-refractivity contribution is 7.47. The maximum Gasteiger partial charge on any atom is 0.472 e. The maximum atomic E-state index is 13.1. The number of carbonyl (C=O) groups is 4. The Morgan fingerprint density at radius 2 is 0.426 bits per heavy atom. The molecule has 0 saturated heterocycles. The lowest BCUT2D eigenvalue weighted by molar-refractivity contribution is -0.161. The third kappa shape index (κ3) is 68.6. The minimum absolute atomic E-state index is 0.106. The molecule has 0 radical (unpaired) electrons. The number of aliphatic hydroxyl groups excluding tert-OH is 1. The highest BCUT2D eigenvalue weighted by atomic mass is 31.2. The van der Waals surface area contributed by atoms with Gasteiger partial charge in [-0.05, 0) is 25.7 Å². The molecule has 0 aliphatic carbocycles. The van der Waals surface area contributed by atoms with E-state index in [0.717, 1.165) is 103 Å². The third-order valence-corrected chi connectivity index (χ3v) is 19.5. The van der Waals surface area contributed by atoms with Crippen LogP contribution in [0.25, 0.3) is 0 Å². The molecule has 19 heteroatoms. The first-order chi connectivity index (χ1) is 45.7. The van der Waals surface area contributed by atoms with Crippen molar-refractivity contribution in [3.05, 3.63) is 0 Å². The third-order valence-electron chi connectivity index (χ3n) is 17.6. The molecule has 3 N–H and O–H groups in total. The zero-order valence-electron chi connectivity index (χ0n) is 60.9. The molecule has 5 atom stereocenters. The number of esters is 4. The van der Waals surface area contributed by atoms with Crippen molar-refractivity contribution < 1.29 is 80.2 Å². The lowest BCUT2D eigenvalue weighted by Gasteiger charge is -2.21. The molecule has 0 bridgehead atoms. The Morgan fingerprint density at radius 3 is 0.628 bits per heavy atom. The molecule has 94 heavy (non-hydrogen) atoms. The maximum absolute atomic E-state index is 13.1. The van der Waals surface area contributed by atoms with Crippen molar-refractivity contribution in [1.82, 2.24) is 0 Å². The number of hydrogen-bond acceptors (Lipinski definition) is 15. The number of unbranched alkanes of at least 4 members (excludes halogenated alkanes) is 50. The van der Waals surface area contributed by atoms with E-state index in [-0.39, 0.29) is 25.7 Å². The van der Waals surface area contributed by atoms with E-state index in [1.165, 1.54) is 218 Å². The number of phosphoric ester groups is 2. The van der Waals surface area contributed by atoms with E-state index in [1.54, 1.807) is 0 Å². The number of phosphoric acid groups is 2. The zero-order chi connectivity index (χ0) is 69.0. The molecule has 558 valence electrons. The number of aliphatic hydroxyl groups is 1. The number of rotatable bonds is 76. The van der Waals surface area contributed by atoms with E-state index in [0.29, 0.717) is 25.7 Å². The van der Waals surface area contributed by atoms with Crippen LogP contribution in [0.15, 0.2) is 0 Å². The fraction of sp³-hybridized carbons (Fsp3) is 0.947. The van der Waals surface area contributed by atoms with Crippen molar-refractivity contribution in [2.75, 3.05) is 39.6 Å². The van der Waals surface area contributed by atoms with Crippen LogP contribution < -0.4 is 0 Å². The van der Waals surface area contributed by atoms with Crippen molar-refractivity contribution in [1.29, 1.82) is 0 Å². The van der Waals surface area contributed by atoms with E-state index >= 15 is 0 Å². The molecule has 0 fully saturated rings. The van der Waals surface area contributed by atoms with Crippen molar-refractivity contribution in [2.24, 2.45) is 0 Å². The predicted molar refractivity (Wildman–Crippen MR) is 382 cm³/mol. The van der Waals surface area contributed by atoms with Gasteiger partial charge in [-0.15, -0.1) is 0 Å². The Hall–Kier alpha value is -1.94. The minimum Gasteiger partial charge on any atom is -0.462 e. The van der Waals surface area contributed by atoms with Gasteiger partial charge in [0.2, 0.25) is 0 Å². The molecule has 0 aliphatic heterocycles. The Balaban J connectivity index is 5.14. The molecule has 17 nitrogen and oxygen atoms in total. The second-order valence-electron chi connectivity index (χ2n) is 27.0. The van der Waals surface area contributed by atoms with Crippen LogP contribution in [0, 0.1) is 0 Å². The van der Waals surface area contributed by atoms with Gasteiger partial charge in [0, 0.05) is 25.7 Å². The van der Waals surface area contributed by atoms with E-state index in [9.17, 15) is 43.2 Å². The summed E-state index contributed by atoms with van der Waals surface area (Å²) in [4.78, 5) is 72.5. The first kappa shape index (κ1) is 92.1. The van der Waals surface area contributed by atoms with Crippen molar-refractivity contribution in [3.8, 4) is 0 Å². The molecule has 0 aromatic rings. The Labute approximate surface area is 575 Å². The zero-order valence-corrected chi connectivity index (χ0v) is 62.7. The average Bonchev–Trinajstić information content (AvgIpc) is 2.88. The molecule has 0 aromatic heterocycles. The number of carbonyl (C=O) groups excluding carboxylic acids is 4. The summed E-state index contributed by atoms with van der Waals surface area (Å²) in [5, 5.41) is 10.6. The number of ether oxygens (including phenoxy) is 4. The predicted octanol–water partition coefficient (Wildman–Crippen LogP) is 22.2. The summed E-state index contributed by atoms with van der Waals surface area (Å²) in [6.07, 6.45) is 60.0. The monoisotopic (exact) mass is 1380 g/mol. The van der Waals surface area contributed by atoms with Crippen LogP contribution in [0.5, 0.6) is 0 Å². The van der Waals surface area contributed by atoms with Crippen molar-refractivity contribution in [3.63, 3.8) is 0 Å². The molecular weight excluding hydrogens is 1230 g/mol. The van der Waals surface area contributed by atoms with Gasteiger partial charge in [0.1, 0.15) is 19.3 Å². The van der Waals surface area contributed by atoms with Gasteiger partial charge in [-0.25, -0.2) is 9.13 Å². The molecule has 0 heterocycles. The normalized spacial score (nSPS) is 13.9. The Morgan fingerprint density at radius 1 is 0.255 bits per heavy atom.